The summed E-state index contributed by atoms with van der Waals surface area (Å²) in [6.45, 7) is 1.13. The maximum Gasteiger partial charge on any atom is 0.228 e. The van der Waals surface area contributed by atoms with E-state index in [-0.39, 0.29) is 23.6 Å². The summed E-state index contributed by atoms with van der Waals surface area (Å²) < 4.78 is 40.3. The van der Waals surface area contributed by atoms with Crippen LogP contribution in [0.2, 0.25) is 0 Å². The van der Waals surface area contributed by atoms with E-state index in [1.165, 1.54) is 12.3 Å². The van der Waals surface area contributed by atoms with Gasteiger partial charge in [0.25, 0.3) is 0 Å². The first-order valence-corrected chi connectivity index (χ1v) is 15.6. The molecule has 1 saturated heterocycles. The van der Waals surface area contributed by atoms with Crippen molar-refractivity contribution in [1.82, 2.24) is 15.3 Å². The number of anilines is 1. The van der Waals surface area contributed by atoms with E-state index in [2.05, 4.69) is 21.3 Å². The number of oxazole rings is 1. The maximum atomic E-state index is 14.0. The van der Waals surface area contributed by atoms with Gasteiger partial charge >= 0.3 is 0 Å². The molecule has 210 valence electrons. The number of rotatable bonds is 6. The Bertz CT molecular complexity index is 1440. The van der Waals surface area contributed by atoms with E-state index in [0.717, 1.165) is 36.7 Å². The van der Waals surface area contributed by atoms with Gasteiger partial charge < -0.3 is 14.6 Å². The van der Waals surface area contributed by atoms with Crippen LogP contribution >= 0.6 is 10.6 Å². The van der Waals surface area contributed by atoms with E-state index < -0.39 is 21.9 Å². The van der Waals surface area contributed by atoms with Gasteiger partial charge in [-0.25, -0.2) is 9.37 Å². The fraction of sp³-hybridized carbons (Fsp3) is 0.448. The van der Waals surface area contributed by atoms with Gasteiger partial charge in [-0.1, -0.05) is 25.0 Å². The third-order valence-electron chi connectivity index (χ3n) is 8.25. The minimum absolute atomic E-state index is 0.133. The molecule has 2 saturated carbocycles. The van der Waals surface area contributed by atoms with Crippen molar-refractivity contribution in [3.63, 3.8) is 0 Å². The van der Waals surface area contributed by atoms with Gasteiger partial charge in [-0.15, -0.1) is 0 Å². The Labute approximate surface area is 233 Å². The molecule has 3 aromatic rings. The molecule has 2 atom stereocenters. The molecule has 3 heterocycles. The molecule has 0 bridgehead atoms. The van der Waals surface area contributed by atoms with E-state index in [9.17, 15) is 23.6 Å². The van der Waals surface area contributed by atoms with Crippen molar-refractivity contribution in [3.05, 3.63) is 54.3 Å². The average Bonchev–Trinajstić information content (AvgIpc) is 3.59. The maximum absolute atomic E-state index is 14.0. The van der Waals surface area contributed by atoms with Crippen molar-refractivity contribution < 1.29 is 22.7 Å². The van der Waals surface area contributed by atoms with Crippen LogP contribution in [0.3, 0.4) is 0 Å². The number of benzene rings is 1. The first kappa shape index (κ1) is 26.7. The van der Waals surface area contributed by atoms with Gasteiger partial charge in [-0.2, -0.15) is 15.9 Å². The fourth-order valence-corrected chi connectivity index (χ4v) is 6.96. The molecule has 0 radical (unpaired) electrons. The van der Waals surface area contributed by atoms with Gasteiger partial charge in [0.15, 0.2) is 0 Å². The molecule has 6 rings (SSSR count). The van der Waals surface area contributed by atoms with Crippen LogP contribution in [0.25, 0.3) is 22.7 Å². The van der Waals surface area contributed by atoms with Gasteiger partial charge in [0.05, 0.1) is 29.3 Å². The van der Waals surface area contributed by atoms with Crippen LogP contribution in [0.5, 0.6) is 0 Å². The number of nitrogens with zero attached hydrogens (tertiary/aromatic N) is 4. The molecule has 40 heavy (non-hydrogen) atoms. The summed E-state index contributed by atoms with van der Waals surface area (Å²) in [5.74, 6) is 0.291. The number of carbonyl (C=O) groups excluding carboxylic acids is 1. The lowest BCUT2D eigenvalue weighted by molar-refractivity contribution is -0.127. The van der Waals surface area contributed by atoms with Crippen molar-refractivity contribution in [2.75, 3.05) is 29.5 Å². The Hall–Kier alpha value is -3.46. The molecule has 0 spiro atoms. The lowest BCUT2D eigenvalue weighted by atomic mass is 9.76. The number of aromatic nitrogens is 2. The average molecular weight is 566 g/mol. The normalized spacial score (nSPS) is 24.1. The monoisotopic (exact) mass is 565 g/mol. The Kier molecular flexibility index (Phi) is 7.02. The van der Waals surface area contributed by atoms with Crippen LogP contribution in [-0.2, 0) is 4.79 Å². The molecule has 2 aromatic heterocycles. The molecule has 0 unspecified atom stereocenters. The van der Waals surface area contributed by atoms with Crippen LogP contribution in [-0.4, -0.2) is 55.1 Å². The summed E-state index contributed by atoms with van der Waals surface area (Å²) in [4.78, 5) is 24.3. The Balaban J connectivity index is 1.34. The van der Waals surface area contributed by atoms with Crippen LogP contribution < -0.4 is 10.2 Å². The molecule has 3 N–H and O–H groups in total. The standard InChI is InChI=1S/C29H32FN5O4S/c30-21-15-20(16-32-17-21)28-33-25(19-5-7-22(8-6-19)35-11-13-40(37,38)14-12-35)26(39-28)23-3-1-2-4-24(23)27(36)34-29(18-31)9-10-29/h5-8,15-17,23-24,37-38H,1-4,9-14H2,(H,34,36)/t23-,24-/m1/s1. The first-order chi connectivity index (χ1) is 19.3. The van der Waals surface area contributed by atoms with Gasteiger partial charge in [-0.05, 0) is 43.9 Å². The summed E-state index contributed by atoms with van der Waals surface area (Å²) in [5, 5.41) is 12.5. The van der Waals surface area contributed by atoms with Crippen LogP contribution in [0.4, 0.5) is 10.1 Å². The molecule has 3 aliphatic rings. The van der Waals surface area contributed by atoms with Crippen molar-refractivity contribution >= 4 is 22.2 Å². The molecular weight excluding hydrogens is 533 g/mol. The lowest BCUT2D eigenvalue weighted by Crippen LogP contribution is -2.42. The highest BCUT2D eigenvalue weighted by Crippen LogP contribution is 2.45. The SMILES string of the molecule is N#CC1(NC(=O)[C@@H]2CCCC[C@H]2c2oc(-c3cncc(F)c3)nc2-c2ccc(N3CCS(O)(O)CC3)cc2)CC1. The third-order valence-corrected chi connectivity index (χ3v) is 9.93. The van der Waals surface area contributed by atoms with Crippen molar-refractivity contribution in [2.45, 2.75) is 50.0 Å². The van der Waals surface area contributed by atoms with E-state index >= 15 is 0 Å². The van der Waals surface area contributed by atoms with E-state index in [1.54, 1.807) is 0 Å². The zero-order valence-electron chi connectivity index (χ0n) is 22.1. The molecule has 2 aliphatic carbocycles. The zero-order chi connectivity index (χ0) is 27.9. The van der Waals surface area contributed by atoms with Crippen LogP contribution in [0.15, 0.2) is 47.1 Å². The summed E-state index contributed by atoms with van der Waals surface area (Å²) in [6.07, 6.45) is 7.22. The Morgan fingerprint density at radius 1 is 1.12 bits per heavy atom. The number of carbonyl (C=O) groups is 1. The smallest absolute Gasteiger partial charge is 0.228 e. The highest BCUT2D eigenvalue weighted by atomic mass is 32.3. The molecule has 9 nitrogen and oxygen atoms in total. The Morgan fingerprint density at radius 3 is 2.52 bits per heavy atom. The van der Waals surface area contributed by atoms with Crippen molar-refractivity contribution in [3.8, 4) is 28.8 Å². The quantitative estimate of drug-likeness (QED) is 0.354. The number of nitriles is 1. The zero-order valence-corrected chi connectivity index (χ0v) is 22.9. The number of pyridine rings is 1. The molecule has 1 aliphatic heterocycles. The highest BCUT2D eigenvalue weighted by Gasteiger charge is 2.47. The number of hydrogen-bond acceptors (Lipinski definition) is 8. The summed E-state index contributed by atoms with van der Waals surface area (Å²) in [7, 11) is -2.49. The largest absolute Gasteiger partial charge is 0.440 e. The molecule has 1 amide bonds. The summed E-state index contributed by atoms with van der Waals surface area (Å²) in [6, 6.07) is 11.4. The van der Waals surface area contributed by atoms with Crippen molar-refractivity contribution in [1.29, 1.82) is 5.26 Å². The van der Waals surface area contributed by atoms with Gasteiger partial charge in [0.2, 0.25) is 11.8 Å². The number of amides is 1. The van der Waals surface area contributed by atoms with Gasteiger partial charge in [0.1, 0.15) is 22.8 Å². The topological polar surface area (TPSA) is 136 Å². The van der Waals surface area contributed by atoms with Gasteiger partial charge in [-0.3, -0.25) is 18.9 Å². The highest BCUT2D eigenvalue weighted by molar-refractivity contribution is 8.24. The third kappa shape index (κ3) is 5.44. The van der Waals surface area contributed by atoms with Crippen LogP contribution in [0.1, 0.15) is 50.2 Å². The van der Waals surface area contributed by atoms with E-state index in [1.807, 2.05) is 24.3 Å². The number of hydrogen-bond donors (Lipinski definition) is 3. The second-order valence-electron chi connectivity index (χ2n) is 11.0. The predicted molar refractivity (Wildman–Crippen MR) is 150 cm³/mol. The minimum Gasteiger partial charge on any atom is -0.440 e. The molecule has 11 heteroatoms. The van der Waals surface area contributed by atoms with Gasteiger partial charge in [0, 0.05) is 42.4 Å². The Morgan fingerprint density at radius 2 is 1.85 bits per heavy atom. The van der Waals surface area contributed by atoms with Crippen molar-refractivity contribution in [2.24, 2.45) is 5.92 Å². The minimum atomic E-state index is -2.49. The molecular formula is C29H32FN5O4S. The fourth-order valence-electron chi connectivity index (χ4n) is 5.73. The summed E-state index contributed by atoms with van der Waals surface area (Å²) >= 11 is 0. The molecule has 3 fully saturated rings. The number of halogens is 1. The number of nitrogens with one attached hydrogen (secondary N) is 1. The second kappa shape index (κ2) is 10.5. The van der Waals surface area contributed by atoms with Crippen LogP contribution in [0, 0.1) is 23.1 Å². The van der Waals surface area contributed by atoms with E-state index in [4.69, 9.17) is 9.40 Å². The first-order valence-electron chi connectivity index (χ1n) is 13.7. The summed E-state index contributed by atoms with van der Waals surface area (Å²) in [5.41, 5.74) is 2.04. The lowest BCUT2D eigenvalue weighted by Gasteiger charge is -2.41. The van der Waals surface area contributed by atoms with E-state index in [0.29, 0.717) is 60.9 Å². The predicted octanol–water partition coefficient (Wildman–Crippen LogP) is 5.56. The molecule has 1 aromatic carbocycles. The second-order valence-corrected chi connectivity index (χ2v) is 13.5.